The number of aromatic nitrogens is 2. The first-order chi connectivity index (χ1) is 8.09. The third kappa shape index (κ3) is 2.00. The van der Waals surface area contributed by atoms with E-state index in [1.54, 1.807) is 0 Å². The summed E-state index contributed by atoms with van der Waals surface area (Å²) in [6.07, 6.45) is 4.53. The number of rotatable bonds is 3. The molecule has 2 heterocycles. The molecular formula is C13H22N4. The summed E-state index contributed by atoms with van der Waals surface area (Å²) in [6.45, 7) is 6.47. The molecule has 1 aromatic rings. The molecule has 17 heavy (non-hydrogen) atoms. The summed E-state index contributed by atoms with van der Waals surface area (Å²) >= 11 is 0. The standard InChI is InChI=1S/C13H22N4/c1-9-12(7-13(14)4-5-13)10(2)17(16-9)11-3-6-15-8-11/h11,15H,3-8,14H2,1-2H3. The topological polar surface area (TPSA) is 55.9 Å². The van der Waals surface area contributed by atoms with Gasteiger partial charge in [-0.2, -0.15) is 5.10 Å². The van der Waals surface area contributed by atoms with Crippen LogP contribution in [0.2, 0.25) is 0 Å². The zero-order valence-corrected chi connectivity index (χ0v) is 10.8. The summed E-state index contributed by atoms with van der Waals surface area (Å²) in [5, 5.41) is 8.13. The second-order valence-corrected chi connectivity index (χ2v) is 5.78. The van der Waals surface area contributed by atoms with Crippen molar-refractivity contribution in [2.75, 3.05) is 13.1 Å². The maximum absolute atomic E-state index is 6.23. The van der Waals surface area contributed by atoms with E-state index in [0.717, 1.165) is 19.5 Å². The van der Waals surface area contributed by atoms with Gasteiger partial charge in [0, 0.05) is 17.8 Å². The lowest BCUT2D eigenvalue weighted by atomic mass is 10.0. The predicted molar refractivity (Wildman–Crippen MR) is 68.1 cm³/mol. The first kappa shape index (κ1) is 11.2. The molecular weight excluding hydrogens is 212 g/mol. The summed E-state index contributed by atoms with van der Waals surface area (Å²) in [5.74, 6) is 0. The molecule has 1 atom stereocenters. The van der Waals surface area contributed by atoms with E-state index in [4.69, 9.17) is 10.8 Å². The van der Waals surface area contributed by atoms with E-state index in [9.17, 15) is 0 Å². The number of nitrogens with zero attached hydrogens (tertiary/aromatic N) is 2. The maximum atomic E-state index is 6.23. The normalized spacial score (nSPS) is 26.4. The van der Waals surface area contributed by atoms with E-state index in [1.807, 2.05) is 0 Å². The zero-order valence-electron chi connectivity index (χ0n) is 10.8. The largest absolute Gasteiger partial charge is 0.325 e. The van der Waals surface area contributed by atoms with Gasteiger partial charge >= 0.3 is 0 Å². The zero-order chi connectivity index (χ0) is 12.0. The Morgan fingerprint density at radius 2 is 2.24 bits per heavy atom. The van der Waals surface area contributed by atoms with Crippen LogP contribution in [0.5, 0.6) is 0 Å². The lowest BCUT2D eigenvalue weighted by Crippen LogP contribution is -2.25. The van der Waals surface area contributed by atoms with Gasteiger partial charge in [-0.3, -0.25) is 4.68 Å². The van der Waals surface area contributed by atoms with E-state index in [-0.39, 0.29) is 5.54 Å². The lowest BCUT2D eigenvalue weighted by molar-refractivity contribution is 0.476. The molecule has 94 valence electrons. The van der Waals surface area contributed by atoms with Crippen LogP contribution in [0.15, 0.2) is 0 Å². The molecule has 1 aromatic heterocycles. The van der Waals surface area contributed by atoms with E-state index < -0.39 is 0 Å². The minimum Gasteiger partial charge on any atom is -0.325 e. The lowest BCUT2D eigenvalue weighted by Gasteiger charge is -2.13. The quantitative estimate of drug-likeness (QED) is 0.822. The minimum atomic E-state index is 0.0807. The van der Waals surface area contributed by atoms with Gasteiger partial charge < -0.3 is 11.1 Å². The molecule has 4 nitrogen and oxygen atoms in total. The van der Waals surface area contributed by atoms with Crippen molar-refractivity contribution in [3.8, 4) is 0 Å². The van der Waals surface area contributed by atoms with Crippen molar-refractivity contribution in [1.29, 1.82) is 0 Å². The fraction of sp³-hybridized carbons (Fsp3) is 0.769. The van der Waals surface area contributed by atoms with E-state index in [2.05, 4.69) is 23.8 Å². The summed E-state index contributed by atoms with van der Waals surface area (Å²) < 4.78 is 2.22. The minimum absolute atomic E-state index is 0.0807. The van der Waals surface area contributed by atoms with Gasteiger partial charge in [0.25, 0.3) is 0 Å². The van der Waals surface area contributed by atoms with Crippen LogP contribution in [-0.4, -0.2) is 28.4 Å². The van der Waals surface area contributed by atoms with Gasteiger partial charge in [-0.15, -0.1) is 0 Å². The van der Waals surface area contributed by atoms with E-state index in [0.29, 0.717) is 6.04 Å². The van der Waals surface area contributed by atoms with Crippen molar-refractivity contribution in [1.82, 2.24) is 15.1 Å². The third-order valence-corrected chi connectivity index (χ3v) is 4.28. The molecule has 1 aliphatic heterocycles. The number of hydrogen-bond acceptors (Lipinski definition) is 3. The second-order valence-electron chi connectivity index (χ2n) is 5.78. The summed E-state index contributed by atoms with van der Waals surface area (Å²) in [5.41, 5.74) is 10.2. The Bertz CT molecular complexity index is 425. The van der Waals surface area contributed by atoms with Gasteiger partial charge in [0.05, 0.1) is 11.7 Å². The molecule has 2 fully saturated rings. The van der Waals surface area contributed by atoms with Crippen molar-refractivity contribution < 1.29 is 0 Å². The van der Waals surface area contributed by atoms with Crippen molar-refractivity contribution in [3.63, 3.8) is 0 Å². The Labute approximate surface area is 103 Å². The van der Waals surface area contributed by atoms with Gasteiger partial charge in [-0.05, 0) is 51.6 Å². The van der Waals surface area contributed by atoms with Gasteiger partial charge in [0.2, 0.25) is 0 Å². The van der Waals surface area contributed by atoms with Gasteiger partial charge in [-0.25, -0.2) is 0 Å². The Balaban J connectivity index is 1.88. The molecule has 0 aromatic carbocycles. The van der Waals surface area contributed by atoms with Crippen LogP contribution in [0.1, 0.15) is 42.3 Å². The first-order valence-corrected chi connectivity index (χ1v) is 6.63. The molecule has 0 amide bonds. The average Bonchev–Trinajstić information content (AvgIpc) is 2.75. The van der Waals surface area contributed by atoms with E-state index in [1.165, 1.54) is 36.2 Å². The number of aryl methyl sites for hydroxylation is 1. The second kappa shape index (κ2) is 3.82. The van der Waals surface area contributed by atoms with Crippen LogP contribution in [-0.2, 0) is 6.42 Å². The van der Waals surface area contributed by atoms with Crippen molar-refractivity contribution in [3.05, 3.63) is 17.0 Å². The van der Waals surface area contributed by atoms with Gasteiger partial charge in [0.1, 0.15) is 0 Å². The highest BCUT2D eigenvalue weighted by Gasteiger charge is 2.39. The summed E-state index contributed by atoms with van der Waals surface area (Å²) in [4.78, 5) is 0. The number of nitrogens with two attached hydrogens (primary N) is 1. The van der Waals surface area contributed by atoms with Gasteiger partial charge in [-0.1, -0.05) is 0 Å². The fourth-order valence-electron chi connectivity index (χ4n) is 2.85. The van der Waals surface area contributed by atoms with Crippen LogP contribution in [0, 0.1) is 13.8 Å². The molecule has 1 saturated carbocycles. The fourth-order valence-corrected chi connectivity index (χ4v) is 2.85. The molecule has 2 aliphatic rings. The van der Waals surface area contributed by atoms with Crippen LogP contribution in [0.25, 0.3) is 0 Å². The first-order valence-electron chi connectivity index (χ1n) is 6.63. The van der Waals surface area contributed by atoms with Gasteiger partial charge in [0.15, 0.2) is 0 Å². The van der Waals surface area contributed by atoms with Crippen molar-refractivity contribution in [2.24, 2.45) is 5.73 Å². The SMILES string of the molecule is Cc1nn(C2CCNC2)c(C)c1CC1(N)CC1. The van der Waals surface area contributed by atoms with Crippen LogP contribution in [0.3, 0.4) is 0 Å². The average molecular weight is 234 g/mol. The Hall–Kier alpha value is -0.870. The predicted octanol–water partition coefficient (Wildman–Crippen LogP) is 1.07. The van der Waals surface area contributed by atoms with Crippen molar-refractivity contribution in [2.45, 2.75) is 51.1 Å². The van der Waals surface area contributed by atoms with Crippen LogP contribution in [0.4, 0.5) is 0 Å². The van der Waals surface area contributed by atoms with Crippen LogP contribution >= 0.6 is 0 Å². The van der Waals surface area contributed by atoms with Crippen molar-refractivity contribution >= 4 is 0 Å². The molecule has 0 radical (unpaired) electrons. The summed E-state index contributed by atoms with van der Waals surface area (Å²) in [7, 11) is 0. The molecule has 0 spiro atoms. The highest BCUT2D eigenvalue weighted by atomic mass is 15.3. The smallest absolute Gasteiger partial charge is 0.0658 e. The molecule has 4 heteroatoms. The monoisotopic (exact) mass is 234 g/mol. The molecule has 1 aliphatic carbocycles. The van der Waals surface area contributed by atoms with E-state index >= 15 is 0 Å². The highest BCUT2D eigenvalue weighted by molar-refractivity contribution is 5.29. The summed E-state index contributed by atoms with van der Waals surface area (Å²) in [6, 6.07) is 0.537. The molecule has 3 N–H and O–H groups in total. The third-order valence-electron chi connectivity index (χ3n) is 4.28. The molecule has 1 unspecified atom stereocenters. The maximum Gasteiger partial charge on any atom is 0.0658 e. The molecule has 3 rings (SSSR count). The number of nitrogens with one attached hydrogen (secondary N) is 1. The Morgan fingerprint density at radius 1 is 1.47 bits per heavy atom. The highest BCUT2D eigenvalue weighted by Crippen LogP contribution is 2.37. The molecule has 1 saturated heterocycles. The number of hydrogen-bond donors (Lipinski definition) is 2. The Morgan fingerprint density at radius 3 is 2.82 bits per heavy atom. The Kier molecular flexibility index (Phi) is 2.52. The molecule has 0 bridgehead atoms. The van der Waals surface area contributed by atoms with Crippen LogP contribution < -0.4 is 11.1 Å².